The van der Waals surface area contributed by atoms with Crippen LogP contribution >= 0.6 is 35.6 Å². The summed E-state index contributed by atoms with van der Waals surface area (Å²) >= 11 is 12.1. The zero-order valence-corrected chi connectivity index (χ0v) is 16.6. The summed E-state index contributed by atoms with van der Waals surface area (Å²) in [5.74, 6) is 0.563. The van der Waals surface area contributed by atoms with Gasteiger partial charge in [0, 0.05) is 17.7 Å². The van der Waals surface area contributed by atoms with Gasteiger partial charge in [-0.15, -0.1) is 0 Å². The number of carbonyl (C=O) groups excluding carboxylic acids is 1. The SMILES string of the molecule is O=C1NC(=S)S/C1=C/c1cc([N+](=O)[O-])ccc1OCCOc1ccccc1Cl. The Hall–Kier alpha value is -2.62. The number of thioether (sulfide) groups is 1. The van der Waals surface area contributed by atoms with E-state index in [-0.39, 0.29) is 24.8 Å². The number of hydrogen-bond donors (Lipinski definition) is 1. The van der Waals surface area contributed by atoms with Crippen LogP contribution < -0.4 is 14.8 Å². The molecule has 0 bridgehead atoms. The number of halogens is 1. The standard InChI is InChI=1S/C18H13ClN2O5S2/c19-13-3-1-2-4-15(13)26-8-7-25-14-6-5-12(21(23)24)9-11(14)10-16-17(22)20-18(27)28-16/h1-6,9-10H,7-8H2,(H,20,22,27)/b16-10+. The van der Waals surface area contributed by atoms with E-state index in [1.807, 2.05) is 0 Å². The minimum absolute atomic E-state index is 0.113. The first-order valence-corrected chi connectivity index (χ1v) is 9.58. The van der Waals surface area contributed by atoms with Crippen LogP contribution in [0.15, 0.2) is 47.4 Å². The molecular formula is C18H13ClN2O5S2. The maximum Gasteiger partial charge on any atom is 0.270 e. The molecule has 144 valence electrons. The third-order valence-corrected chi connectivity index (χ3v) is 5.04. The van der Waals surface area contributed by atoms with E-state index in [0.717, 1.165) is 11.8 Å². The van der Waals surface area contributed by atoms with E-state index in [4.69, 9.17) is 33.3 Å². The van der Waals surface area contributed by atoms with E-state index in [1.165, 1.54) is 24.3 Å². The van der Waals surface area contributed by atoms with Crippen LogP contribution in [0.25, 0.3) is 6.08 Å². The molecule has 1 aliphatic heterocycles. The second kappa shape index (κ2) is 9.05. The molecule has 1 aliphatic rings. The van der Waals surface area contributed by atoms with Crippen LogP contribution in [0.2, 0.25) is 5.02 Å². The Labute approximate surface area is 174 Å². The van der Waals surface area contributed by atoms with Crippen LogP contribution in [-0.2, 0) is 4.79 Å². The number of nitrogens with zero attached hydrogens (tertiary/aromatic N) is 1. The van der Waals surface area contributed by atoms with E-state index in [1.54, 1.807) is 24.3 Å². The molecule has 0 radical (unpaired) electrons. The molecule has 1 N–H and O–H groups in total. The van der Waals surface area contributed by atoms with Gasteiger partial charge < -0.3 is 14.8 Å². The topological polar surface area (TPSA) is 90.7 Å². The maximum atomic E-state index is 11.9. The average Bonchev–Trinajstić information content (AvgIpc) is 2.98. The third kappa shape index (κ3) is 5.00. The summed E-state index contributed by atoms with van der Waals surface area (Å²) in [5.41, 5.74) is 0.284. The molecule has 1 saturated heterocycles. The lowest BCUT2D eigenvalue weighted by atomic mass is 10.1. The quantitative estimate of drug-likeness (QED) is 0.229. The van der Waals surface area contributed by atoms with Crippen LogP contribution in [-0.4, -0.2) is 28.4 Å². The van der Waals surface area contributed by atoms with Crippen molar-refractivity contribution >= 4 is 57.6 Å². The van der Waals surface area contributed by atoms with Crippen molar-refractivity contribution in [2.75, 3.05) is 13.2 Å². The van der Waals surface area contributed by atoms with Gasteiger partial charge in [0.25, 0.3) is 11.6 Å². The van der Waals surface area contributed by atoms with Crippen LogP contribution in [0.4, 0.5) is 5.69 Å². The number of para-hydroxylation sites is 1. The van der Waals surface area contributed by atoms with Gasteiger partial charge >= 0.3 is 0 Å². The number of benzene rings is 2. The third-order valence-electron chi connectivity index (χ3n) is 3.57. The fraction of sp³-hybridized carbons (Fsp3) is 0.111. The summed E-state index contributed by atoms with van der Waals surface area (Å²) in [4.78, 5) is 22.8. The number of hydrogen-bond acceptors (Lipinski definition) is 7. The Kier molecular flexibility index (Phi) is 6.50. The van der Waals surface area contributed by atoms with E-state index < -0.39 is 4.92 Å². The molecule has 2 aromatic rings. The fourth-order valence-electron chi connectivity index (χ4n) is 2.32. The van der Waals surface area contributed by atoms with Gasteiger partial charge in [-0.05, 0) is 24.3 Å². The first-order chi connectivity index (χ1) is 13.4. The number of ether oxygens (including phenoxy) is 2. The second-order valence-electron chi connectivity index (χ2n) is 5.46. The first-order valence-electron chi connectivity index (χ1n) is 7.97. The lowest BCUT2D eigenvalue weighted by molar-refractivity contribution is -0.384. The van der Waals surface area contributed by atoms with E-state index in [9.17, 15) is 14.9 Å². The Balaban J connectivity index is 1.74. The highest BCUT2D eigenvalue weighted by molar-refractivity contribution is 8.26. The van der Waals surface area contributed by atoms with Crippen LogP contribution in [0.1, 0.15) is 5.56 Å². The number of non-ortho nitro benzene ring substituents is 1. The number of thiocarbonyl (C=S) groups is 1. The largest absolute Gasteiger partial charge is 0.489 e. The van der Waals surface area contributed by atoms with Gasteiger partial charge in [-0.1, -0.05) is 47.7 Å². The van der Waals surface area contributed by atoms with E-state index in [0.29, 0.717) is 31.3 Å². The van der Waals surface area contributed by atoms with Gasteiger partial charge in [-0.25, -0.2) is 0 Å². The minimum atomic E-state index is -0.515. The molecule has 28 heavy (non-hydrogen) atoms. The molecule has 1 fully saturated rings. The lowest BCUT2D eigenvalue weighted by Crippen LogP contribution is -2.17. The summed E-state index contributed by atoms with van der Waals surface area (Å²) in [5, 5.41) is 14.1. The number of rotatable bonds is 7. The summed E-state index contributed by atoms with van der Waals surface area (Å²) in [7, 11) is 0. The molecule has 0 saturated carbocycles. The van der Waals surface area contributed by atoms with Crippen molar-refractivity contribution in [3.05, 3.63) is 68.1 Å². The van der Waals surface area contributed by atoms with Crippen molar-refractivity contribution < 1.29 is 19.2 Å². The molecule has 1 amide bonds. The Bertz CT molecular complexity index is 980. The molecule has 0 atom stereocenters. The van der Waals surface area contributed by atoms with Gasteiger partial charge in [0.1, 0.15) is 29.0 Å². The van der Waals surface area contributed by atoms with Crippen molar-refractivity contribution in [3.8, 4) is 11.5 Å². The highest BCUT2D eigenvalue weighted by Gasteiger charge is 2.23. The summed E-state index contributed by atoms with van der Waals surface area (Å²) in [6.45, 7) is 0.396. The Morgan fingerprint density at radius 3 is 2.54 bits per heavy atom. The highest BCUT2D eigenvalue weighted by Crippen LogP contribution is 2.31. The van der Waals surface area contributed by atoms with Gasteiger partial charge in [0.05, 0.1) is 14.9 Å². The average molecular weight is 437 g/mol. The van der Waals surface area contributed by atoms with Gasteiger partial charge in [-0.2, -0.15) is 0 Å². The van der Waals surface area contributed by atoms with Crippen molar-refractivity contribution in [1.29, 1.82) is 0 Å². The zero-order chi connectivity index (χ0) is 20.1. The first kappa shape index (κ1) is 20.1. The molecule has 10 heteroatoms. The molecule has 1 heterocycles. The predicted molar refractivity (Wildman–Crippen MR) is 112 cm³/mol. The summed E-state index contributed by atoms with van der Waals surface area (Å²) in [6.07, 6.45) is 1.51. The number of carbonyl (C=O) groups is 1. The van der Waals surface area contributed by atoms with Gasteiger partial charge in [0.2, 0.25) is 0 Å². The smallest absolute Gasteiger partial charge is 0.270 e. The monoisotopic (exact) mass is 436 g/mol. The highest BCUT2D eigenvalue weighted by atomic mass is 35.5. The molecule has 2 aromatic carbocycles. The van der Waals surface area contributed by atoms with Crippen LogP contribution in [0.5, 0.6) is 11.5 Å². The number of amides is 1. The molecule has 3 rings (SSSR count). The van der Waals surface area contributed by atoms with Crippen molar-refractivity contribution in [3.63, 3.8) is 0 Å². The summed E-state index contributed by atoms with van der Waals surface area (Å²) < 4.78 is 11.6. The summed E-state index contributed by atoms with van der Waals surface area (Å²) in [6, 6.07) is 11.2. The number of nitro groups is 1. The zero-order valence-electron chi connectivity index (χ0n) is 14.2. The lowest BCUT2D eigenvalue weighted by Gasteiger charge is -2.11. The molecule has 0 unspecified atom stereocenters. The number of nitro benzene ring substituents is 1. The Morgan fingerprint density at radius 1 is 1.18 bits per heavy atom. The van der Waals surface area contributed by atoms with E-state index in [2.05, 4.69) is 5.32 Å². The van der Waals surface area contributed by atoms with Gasteiger partial charge in [-0.3, -0.25) is 14.9 Å². The van der Waals surface area contributed by atoms with E-state index >= 15 is 0 Å². The number of nitrogens with one attached hydrogen (secondary N) is 1. The van der Waals surface area contributed by atoms with Crippen molar-refractivity contribution in [2.45, 2.75) is 0 Å². The molecule has 7 nitrogen and oxygen atoms in total. The normalized spacial score (nSPS) is 14.8. The molecule has 0 spiro atoms. The maximum absolute atomic E-state index is 11.9. The Morgan fingerprint density at radius 2 is 1.89 bits per heavy atom. The predicted octanol–water partition coefficient (Wildman–Crippen LogP) is 4.19. The van der Waals surface area contributed by atoms with Crippen LogP contribution in [0.3, 0.4) is 0 Å². The molecule has 0 aliphatic carbocycles. The minimum Gasteiger partial charge on any atom is -0.489 e. The van der Waals surface area contributed by atoms with Crippen molar-refractivity contribution in [1.82, 2.24) is 5.32 Å². The van der Waals surface area contributed by atoms with Gasteiger partial charge in [0.15, 0.2) is 0 Å². The molecule has 0 aromatic heterocycles. The second-order valence-corrected chi connectivity index (χ2v) is 7.58. The van der Waals surface area contributed by atoms with Crippen molar-refractivity contribution in [2.24, 2.45) is 0 Å². The fourth-order valence-corrected chi connectivity index (χ4v) is 3.55. The van der Waals surface area contributed by atoms with Crippen LogP contribution in [0, 0.1) is 10.1 Å². The molecular weight excluding hydrogens is 424 g/mol.